The van der Waals surface area contributed by atoms with Crippen LogP contribution in [0.3, 0.4) is 0 Å². The molecule has 4 nitrogen and oxygen atoms in total. The van der Waals surface area contributed by atoms with E-state index < -0.39 is 0 Å². The second-order valence-corrected chi connectivity index (χ2v) is 7.22. The molecule has 0 aromatic carbocycles. The van der Waals surface area contributed by atoms with Crippen LogP contribution in [0, 0.1) is 5.41 Å². The van der Waals surface area contributed by atoms with Gasteiger partial charge < -0.3 is 9.47 Å². The van der Waals surface area contributed by atoms with Crippen molar-refractivity contribution in [1.29, 1.82) is 0 Å². The third-order valence-corrected chi connectivity index (χ3v) is 5.69. The highest BCUT2D eigenvalue weighted by atomic mass is 15.2. The van der Waals surface area contributed by atoms with E-state index in [4.69, 9.17) is 0 Å². The third kappa shape index (κ3) is 3.16. The minimum Gasteiger partial charge on any atom is -0.333 e. The minimum absolute atomic E-state index is 0.612. The van der Waals surface area contributed by atoms with E-state index in [0.29, 0.717) is 11.5 Å². The number of hydrogen-bond acceptors (Lipinski definition) is 3. The maximum Gasteiger partial charge on any atom is 0.108 e. The molecule has 2 saturated heterocycles. The molecule has 1 atom stereocenters. The number of imidazole rings is 1. The van der Waals surface area contributed by atoms with Crippen molar-refractivity contribution < 1.29 is 0 Å². The Morgan fingerprint density at radius 3 is 2.57 bits per heavy atom. The lowest BCUT2D eigenvalue weighted by atomic mass is 9.77. The summed E-state index contributed by atoms with van der Waals surface area (Å²) in [5.74, 6) is 1.22. The fourth-order valence-electron chi connectivity index (χ4n) is 4.23. The number of hydrogen-bond donors (Lipinski definition) is 0. The van der Waals surface area contributed by atoms with Crippen LogP contribution in [0.1, 0.15) is 38.9 Å². The number of aromatic nitrogens is 2. The minimum atomic E-state index is 0.612. The Morgan fingerprint density at radius 2 is 1.95 bits per heavy atom. The fraction of sp³-hybridized carbons (Fsp3) is 0.824. The molecule has 0 N–H and O–H groups in total. The van der Waals surface area contributed by atoms with Crippen LogP contribution in [0.4, 0.5) is 0 Å². The molecule has 1 aromatic rings. The van der Waals surface area contributed by atoms with E-state index in [1.54, 1.807) is 0 Å². The Hall–Kier alpha value is -0.870. The van der Waals surface area contributed by atoms with Gasteiger partial charge in [-0.15, -0.1) is 0 Å². The summed E-state index contributed by atoms with van der Waals surface area (Å²) in [4.78, 5) is 9.63. The van der Waals surface area contributed by atoms with E-state index in [9.17, 15) is 0 Å². The summed E-state index contributed by atoms with van der Waals surface area (Å²) in [6, 6.07) is 0.612. The summed E-state index contributed by atoms with van der Waals surface area (Å²) in [5, 5.41) is 0. The van der Waals surface area contributed by atoms with Crippen molar-refractivity contribution in [1.82, 2.24) is 19.4 Å². The molecule has 2 aliphatic rings. The molecule has 118 valence electrons. The first-order chi connectivity index (χ1) is 10.1. The second-order valence-electron chi connectivity index (χ2n) is 7.22. The molecule has 4 heteroatoms. The van der Waals surface area contributed by atoms with Crippen LogP contribution >= 0.6 is 0 Å². The van der Waals surface area contributed by atoms with Crippen LogP contribution in [-0.4, -0.2) is 58.6 Å². The van der Waals surface area contributed by atoms with Gasteiger partial charge in [0.25, 0.3) is 0 Å². The molecular weight excluding hydrogens is 260 g/mol. The first-order valence-electron chi connectivity index (χ1n) is 8.54. The fourth-order valence-corrected chi connectivity index (χ4v) is 4.23. The topological polar surface area (TPSA) is 24.3 Å². The van der Waals surface area contributed by atoms with Gasteiger partial charge in [-0.3, -0.25) is 4.90 Å². The summed E-state index contributed by atoms with van der Waals surface area (Å²) >= 11 is 0. The Balaban J connectivity index is 1.54. The van der Waals surface area contributed by atoms with Crippen molar-refractivity contribution in [2.24, 2.45) is 5.41 Å². The average molecular weight is 290 g/mol. The van der Waals surface area contributed by atoms with Crippen LogP contribution < -0.4 is 0 Å². The predicted molar refractivity (Wildman–Crippen MR) is 86.4 cm³/mol. The summed E-state index contributed by atoms with van der Waals surface area (Å²) < 4.78 is 2.33. The van der Waals surface area contributed by atoms with Gasteiger partial charge in [-0.1, -0.05) is 6.92 Å². The zero-order valence-corrected chi connectivity index (χ0v) is 13.9. The maximum absolute atomic E-state index is 4.44. The number of nitrogens with zero attached hydrogens (tertiary/aromatic N) is 4. The summed E-state index contributed by atoms with van der Waals surface area (Å²) in [7, 11) is 2.27. The van der Waals surface area contributed by atoms with Crippen molar-refractivity contribution >= 4 is 0 Å². The molecule has 3 heterocycles. The molecule has 0 aliphatic carbocycles. The van der Waals surface area contributed by atoms with Gasteiger partial charge in [0, 0.05) is 37.9 Å². The first kappa shape index (κ1) is 15.0. The Labute approximate surface area is 129 Å². The van der Waals surface area contributed by atoms with Crippen LogP contribution in [0.15, 0.2) is 12.4 Å². The molecule has 0 saturated carbocycles. The number of rotatable bonds is 4. The van der Waals surface area contributed by atoms with E-state index in [1.807, 2.05) is 6.20 Å². The molecule has 21 heavy (non-hydrogen) atoms. The van der Waals surface area contributed by atoms with Crippen LogP contribution in [0.2, 0.25) is 0 Å². The van der Waals surface area contributed by atoms with Crippen molar-refractivity contribution in [3.05, 3.63) is 18.2 Å². The van der Waals surface area contributed by atoms with E-state index in [1.165, 1.54) is 51.3 Å². The van der Waals surface area contributed by atoms with E-state index in [2.05, 4.69) is 46.4 Å². The predicted octanol–water partition coefficient (Wildman–Crippen LogP) is 2.25. The van der Waals surface area contributed by atoms with Crippen molar-refractivity contribution in [2.45, 2.75) is 52.1 Å². The van der Waals surface area contributed by atoms with Crippen molar-refractivity contribution in [3.8, 4) is 0 Å². The quantitative estimate of drug-likeness (QED) is 0.850. The van der Waals surface area contributed by atoms with Gasteiger partial charge >= 0.3 is 0 Å². The highest BCUT2D eigenvalue weighted by Crippen LogP contribution is 2.40. The monoisotopic (exact) mass is 290 g/mol. The van der Waals surface area contributed by atoms with Crippen LogP contribution in [0.25, 0.3) is 0 Å². The second kappa shape index (κ2) is 6.09. The molecule has 2 aliphatic heterocycles. The number of aryl methyl sites for hydroxylation is 1. The van der Waals surface area contributed by atoms with Crippen LogP contribution in [-0.2, 0) is 13.0 Å². The van der Waals surface area contributed by atoms with E-state index in [-0.39, 0.29) is 0 Å². The van der Waals surface area contributed by atoms with Gasteiger partial charge in [0.2, 0.25) is 0 Å². The average Bonchev–Trinajstić information content (AvgIpc) is 3.07. The largest absolute Gasteiger partial charge is 0.333 e. The normalized spacial score (nSPS) is 24.7. The summed E-state index contributed by atoms with van der Waals surface area (Å²) in [5.41, 5.74) is 0.633. The Morgan fingerprint density at radius 1 is 1.24 bits per heavy atom. The number of piperidine rings is 1. The van der Waals surface area contributed by atoms with Gasteiger partial charge in [0.05, 0.1) is 0 Å². The lowest BCUT2D eigenvalue weighted by Crippen LogP contribution is -2.46. The molecule has 3 rings (SSSR count). The molecular formula is C17H30N4. The van der Waals surface area contributed by atoms with Crippen molar-refractivity contribution in [2.75, 3.05) is 33.2 Å². The molecule has 2 fully saturated rings. The maximum atomic E-state index is 4.44. The Bertz CT molecular complexity index is 459. The van der Waals surface area contributed by atoms with E-state index >= 15 is 0 Å². The number of likely N-dealkylation sites (tertiary alicyclic amines) is 2. The molecule has 0 amide bonds. The molecule has 1 spiro atoms. The lowest BCUT2D eigenvalue weighted by molar-refractivity contribution is 0.0774. The van der Waals surface area contributed by atoms with Gasteiger partial charge in [0.1, 0.15) is 5.82 Å². The van der Waals surface area contributed by atoms with Gasteiger partial charge in [-0.25, -0.2) is 4.98 Å². The first-order valence-corrected chi connectivity index (χ1v) is 8.54. The SMILES string of the molecule is CCc1nccn1CC(C)N1CCC2(CCN(C)C2)CC1. The lowest BCUT2D eigenvalue weighted by Gasteiger charge is -2.42. The molecule has 1 aromatic heterocycles. The van der Waals surface area contributed by atoms with Crippen LogP contribution in [0.5, 0.6) is 0 Å². The highest BCUT2D eigenvalue weighted by Gasteiger charge is 2.39. The standard InChI is InChI=1S/C17H30N4/c1-4-16-18-8-12-21(16)13-15(2)20-10-6-17(7-11-20)5-9-19(3)14-17/h8,12,15H,4-7,9-11,13-14H2,1-3H3. The summed E-state index contributed by atoms with van der Waals surface area (Å²) in [6.07, 6.45) is 9.26. The third-order valence-electron chi connectivity index (χ3n) is 5.69. The molecule has 0 bridgehead atoms. The smallest absolute Gasteiger partial charge is 0.108 e. The van der Waals surface area contributed by atoms with Gasteiger partial charge in [0.15, 0.2) is 0 Å². The van der Waals surface area contributed by atoms with Gasteiger partial charge in [-0.05, 0) is 58.3 Å². The molecule has 0 radical (unpaired) electrons. The summed E-state index contributed by atoms with van der Waals surface area (Å²) in [6.45, 7) is 10.8. The Kier molecular flexibility index (Phi) is 4.36. The van der Waals surface area contributed by atoms with E-state index in [0.717, 1.165) is 13.0 Å². The zero-order valence-electron chi connectivity index (χ0n) is 13.9. The molecule has 1 unspecified atom stereocenters. The highest BCUT2D eigenvalue weighted by molar-refractivity contribution is 4.95. The zero-order chi connectivity index (χ0) is 14.9. The van der Waals surface area contributed by atoms with Gasteiger partial charge in [-0.2, -0.15) is 0 Å². The van der Waals surface area contributed by atoms with Crippen molar-refractivity contribution in [3.63, 3.8) is 0 Å².